The van der Waals surface area contributed by atoms with Gasteiger partial charge in [0.05, 0.1) is 13.7 Å². The third-order valence-electron chi connectivity index (χ3n) is 4.90. The maximum absolute atomic E-state index is 12.4. The molecule has 0 aliphatic rings. The second kappa shape index (κ2) is 8.99. The predicted molar refractivity (Wildman–Crippen MR) is 125 cm³/mol. The second-order valence-corrected chi connectivity index (χ2v) is 8.29. The summed E-state index contributed by atoms with van der Waals surface area (Å²) in [7, 11) is 1.64. The number of halogens is 1. The number of thiazole rings is 1. The molecule has 0 amide bonds. The van der Waals surface area contributed by atoms with Crippen molar-refractivity contribution in [1.82, 2.24) is 9.38 Å². The molecule has 0 saturated heterocycles. The van der Waals surface area contributed by atoms with Crippen molar-refractivity contribution in [3.05, 3.63) is 69.7 Å². The first-order chi connectivity index (χ1) is 15.0. The molecular formula is C23H22ClN3O3S. The minimum atomic E-state index is -0.329. The number of hydrogen-bond donors (Lipinski definition) is 1. The van der Waals surface area contributed by atoms with Crippen molar-refractivity contribution in [2.24, 2.45) is 0 Å². The van der Waals surface area contributed by atoms with E-state index in [4.69, 9.17) is 26.1 Å². The highest BCUT2D eigenvalue weighted by molar-refractivity contribution is 7.19. The standard InChI is InChI=1S/C23H22ClN3O3S/c1-4-30-22(28)20-14(2)27-21(25-13-15-5-9-17(24)10-6-15)19(26-23(27)31-20)16-7-11-18(29-3)12-8-16/h5-12,25H,4,13H2,1-3H3. The van der Waals surface area contributed by atoms with E-state index in [0.29, 0.717) is 23.1 Å². The van der Waals surface area contributed by atoms with Gasteiger partial charge in [0.25, 0.3) is 0 Å². The number of benzene rings is 2. The van der Waals surface area contributed by atoms with E-state index in [9.17, 15) is 4.79 Å². The van der Waals surface area contributed by atoms with Crippen LogP contribution in [0, 0.1) is 6.92 Å². The number of ether oxygens (including phenoxy) is 2. The zero-order valence-corrected chi connectivity index (χ0v) is 19.0. The Balaban J connectivity index is 1.78. The highest BCUT2D eigenvalue weighted by atomic mass is 35.5. The molecule has 31 heavy (non-hydrogen) atoms. The lowest BCUT2D eigenvalue weighted by Gasteiger charge is -2.10. The van der Waals surface area contributed by atoms with Crippen LogP contribution in [0.3, 0.4) is 0 Å². The van der Waals surface area contributed by atoms with Gasteiger partial charge in [-0.3, -0.25) is 4.40 Å². The summed E-state index contributed by atoms with van der Waals surface area (Å²) in [5.41, 5.74) is 3.64. The first-order valence-corrected chi connectivity index (χ1v) is 11.0. The molecule has 0 unspecified atom stereocenters. The van der Waals surface area contributed by atoms with Gasteiger partial charge in [-0.05, 0) is 55.8 Å². The molecule has 0 spiro atoms. The van der Waals surface area contributed by atoms with E-state index in [0.717, 1.165) is 39.0 Å². The molecule has 0 aliphatic carbocycles. The van der Waals surface area contributed by atoms with Gasteiger partial charge < -0.3 is 14.8 Å². The molecule has 0 radical (unpaired) electrons. The predicted octanol–water partition coefficient (Wildman–Crippen LogP) is 5.82. The lowest BCUT2D eigenvalue weighted by atomic mass is 10.1. The van der Waals surface area contributed by atoms with Crippen molar-refractivity contribution in [3.63, 3.8) is 0 Å². The number of carbonyl (C=O) groups excluding carboxylic acids is 1. The number of aromatic nitrogens is 2. The number of imidazole rings is 1. The number of carbonyl (C=O) groups is 1. The SMILES string of the molecule is CCOC(=O)c1sc2nc(-c3ccc(OC)cc3)c(NCc3ccc(Cl)cc3)n2c1C. The maximum Gasteiger partial charge on any atom is 0.350 e. The number of hydrogen-bond acceptors (Lipinski definition) is 6. The Labute approximate surface area is 189 Å². The van der Waals surface area contributed by atoms with E-state index in [1.165, 1.54) is 11.3 Å². The number of methoxy groups -OCH3 is 1. The van der Waals surface area contributed by atoms with E-state index in [2.05, 4.69) is 5.32 Å². The molecule has 0 aliphatic heterocycles. The van der Waals surface area contributed by atoms with Gasteiger partial charge in [0, 0.05) is 22.8 Å². The first-order valence-electron chi connectivity index (χ1n) is 9.83. The third kappa shape index (κ3) is 4.24. The summed E-state index contributed by atoms with van der Waals surface area (Å²) in [6, 6.07) is 15.4. The van der Waals surface area contributed by atoms with Gasteiger partial charge in [-0.1, -0.05) is 35.1 Å². The Morgan fingerprint density at radius 3 is 2.52 bits per heavy atom. The molecular weight excluding hydrogens is 434 g/mol. The minimum Gasteiger partial charge on any atom is -0.497 e. The van der Waals surface area contributed by atoms with Gasteiger partial charge in [0.2, 0.25) is 0 Å². The van der Waals surface area contributed by atoms with Crippen LogP contribution in [-0.4, -0.2) is 29.1 Å². The molecule has 0 bridgehead atoms. The molecule has 8 heteroatoms. The number of anilines is 1. The summed E-state index contributed by atoms with van der Waals surface area (Å²) in [5, 5.41) is 4.20. The Morgan fingerprint density at radius 2 is 1.87 bits per heavy atom. The normalized spacial score (nSPS) is 11.0. The van der Waals surface area contributed by atoms with Crippen LogP contribution in [-0.2, 0) is 11.3 Å². The van der Waals surface area contributed by atoms with E-state index < -0.39 is 0 Å². The average molecular weight is 456 g/mol. The Kier molecular flexibility index (Phi) is 6.15. The second-order valence-electron chi connectivity index (χ2n) is 6.87. The van der Waals surface area contributed by atoms with Crippen molar-refractivity contribution >= 4 is 39.7 Å². The highest BCUT2D eigenvalue weighted by Gasteiger charge is 2.23. The lowest BCUT2D eigenvalue weighted by molar-refractivity contribution is 0.0531. The monoisotopic (exact) mass is 455 g/mol. The van der Waals surface area contributed by atoms with Gasteiger partial charge in [0.1, 0.15) is 22.1 Å². The fourth-order valence-electron chi connectivity index (χ4n) is 3.33. The molecule has 0 fully saturated rings. The highest BCUT2D eigenvalue weighted by Crippen LogP contribution is 2.35. The summed E-state index contributed by atoms with van der Waals surface area (Å²) in [5.74, 6) is 1.27. The van der Waals surface area contributed by atoms with E-state index >= 15 is 0 Å². The number of fused-ring (bicyclic) bond motifs is 1. The van der Waals surface area contributed by atoms with Crippen molar-refractivity contribution in [2.75, 3.05) is 19.0 Å². The fourth-order valence-corrected chi connectivity index (χ4v) is 4.48. The minimum absolute atomic E-state index is 0.329. The van der Waals surface area contributed by atoms with Gasteiger partial charge in [-0.15, -0.1) is 0 Å². The molecule has 4 rings (SSSR count). The topological polar surface area (TPSA) is 64.9 Å². The van der Waals surface area contributed by atoms with Crippen LogP contribution in [0.2, 0.25) is 5.02 Å². The van der Waals surface area contributed by atoms with Crippen LogP contribution in [0.25, 0.3) is 16.2 Å². The van der Waals surface area contributed by atoms with Gasteiger partial charge >= 0.3 is 5.97 Å². The fraction of sp³-hybridized carbons (Fsp3) is 0.217. The van der Waals surface area contributed by atoms with E-state index in [-0.39, 0.29) is 5.97 Å². The summed E-state index contributed by atoms with van der Waals surface area (Å²) in [6.07, 6.45) is 0. The number of aryl methyl sites for hydroxylation is 1. The molecule has 2 heterocycles. The molecule has 4 aromatic rings. The van der Waals surface area contributed by atoms with Crippen LogP contribution in [0.15, 0.2) is 48.5 Å². The molecule has 160 valence electrons. The molecule has 2 aromatic carbocycles. The van der Waals surface area contributed by atoms with Crippen molar-refractivity contribution in [2.45, 2.75) is 20.4 Å². The first kappa shape index (κ1) is 21.2. The number of nitrogens with one attached hydrogen (secondary N) is 1. The third-order valence-corrected chi connectivity index (χ3v) is 6.28. The summed E-state index contributed by atoms with van der Waals surface area (Å²) >= 11 is 7.34. The molecule has 2 aromatic heterocycles. The number of rotatable bonds is 7. The van der Waals surface area contributed by atoms with Crippen LogP contribution in [0.4, 0.5) is 5.82 Å². The average Bonchev–Trinajstić information content (AvgIpc) is 3.30. The lowest BCUT2D eigenvalue weighted by Crippen LogP contribution is -2.07. The van der Waals surface area contributed by atoms with Crippen molar-refractivity contribution in [1.29, 1.82) is 0 Å². The zero-order valence-electron chi connectivity index (χ0n) is 17.4. The van der Waals surface area contributed by atoms with Crippen LogP contribution >= 0.6 is 22.9 Å². The van der Waals surface area contributed by atoms with E-state index in [1.54, 1.807) is 14.0 Å². The molecule has 6 nitrogen and oxygen atoms in total. The van der Waals surface area contributed by atoms with Gasteiger partial charge in [-0.25, -0.2) is 9.78 Å². The number of nitrogens with zero attached hydrogens (tertiary/aromatic N) is 2. The van der Waals surface area contributed by atoms with Gasteiger partial charge in [0.15, 0.2) is 4.96 Å². The maximum atomic E-state index is 12.4. The Morgan fingerprint density at radius 1 is 1.16 bits per heavy atom. The summed E-state index contributed by atoms with van der Waals surface area (Å²) in [6.45, 7) is 4.62. The van der Waals surface area contributed by atoms with Crippen molar-refractivity contribution < 1.29 is 14.3 Å². The molecule has 0 saturated carbocycles. The Bertz CT molecular complexity index is 1210. The molecule has 1 N–H and O–H groups in total. The largest absolute Gasteiger partial charge is 0.497 e. The van der Waals surface area contributed by atoms with Crippen LogP contribution < -0.4 is 10.1 Å². The smallest absolute Gasteiger partial charge is 0.350 e. The summed E-state index contributed by atoms with van der Waals surface area (Å²) < 4.78 is 12.5. The van der Waals surface area contributed by atoms with Crippen molar-refractivity contribution in [3.8, 4) is 17.0 Å². The molecule has 0 atom stereocenters. The van der Waals surface area contributed by atoms with Crippen LogP contribution in [0.5, 0.6) is 5.75 Å². The summed E-state index contributed by atoms with van der Waals surface area (Å²) in [4.78, 5) is 18.5. The quantitative estimate of drug-likeness (QED) is 0.355. The zero-order chi connectivity index (χ0) is 22.0. The number of esters is 1. The Hall–Kier alpha value is -3.03. The van der Waals surface area contributed by atoms with E-state index in [1.807, 2.05) is 59.9 Å². The van der Waals surface area contributed by atoms with Crippen LogP contribution in [0.1, 0.15) is 27.9 Å². The van der Waals surface area contributed by atoms with Gasteiger partial charge in [-0.2, -0.15) is 0 Å².